The molecule has 0 bridgehead atoms. The number of halogens is 3. The van der Waals surface area contributed by atoms with E-state index in [9.17, 15) is 13.6 Å². The minimum absolute atomic E-state index is 0.115. The van der Waals surface area contributed by atoms with Crippen molar-refractivity contribution in [2.45, 2.75) is 6.42 Å². The average molecular weight is 404 g/mol. The van der Waals surface area contributed by atoms with E-state index in [0.717, 1.165) is 34.5 Å². The second kappa shape index (κ2) is 7.59. The lowest BCUT2D eigenvalue weighted by Gasteiger charge is -2.25. The van der Waals surface area contributed by atoms with Crippen molar-refractivity contribution in [3.63, 3.8) is 0 Å². The number of ether oxygens (including phenoxy) is 1. The number of fused-ring (bicyclic) bond motifs is 1. The van der Waals surface area contributed by atoms with Gasteiger partial charge in [-0.05, 0) is 30.2 Å². The Morgan fingerprint density at radius 2 is 2.07 bits per heavy atom. The molecule has 1 aliphatic heterocycles. The predicted molar refractivity (Wildman–Crippen MR) is 102 cm³/mol. The van der Waals surface area contributed by atoms with Crippen molar-refractivity contribution >= 4 is 17.3 Å². The Kier molecular flexibility index (Phi) is 5.00. The van der Waals surface area contributed by atoms with E-state index in [1.165, 1.54) is 6.20 Å². The van der Waals surface area contributed by atoms with E-state index in [2.05, 4.69) is 10.4 Å². The highest BCUT2D eigenvalue weighted by Crippen LogP contribution is 2.27. The van der Waals surface area contributed by atoms with Crippen LogP contribution in [0.5, 0.6) is 5.75 Å². The fourth-order valence-corrected chi connectivity index (χ4v) is 3.35. The van der Waals surface area contributed by atoms with Crippen molar-refractivity contribution in [1.29, 1.82) is 0 Å². The van der Waals surface area contributed by atoms with Crippen LogP contribution < -0.4 is 15.6 Å². The van der Waals surface area contributed by atoms with Gasteiger partial charge < -0.3 is 10.1 Å². The maximum Gasteiger partial charge on any atom is 0.292 e. The molecule has 2 aromatic carbocycles. The van der Waals surface area contributed by atoms with Crippen LogP contribution in [0.4, 0.5) is 14.5 Å². The summed E-state index contributed by atoms with van der Waals surface area (Å²) in [5.74, 6) is -0.551. The lowest BCUT2D eigenvalue weighted by atomic mass is 9.97. The van der Waals surface area contributed by atoms with Crippen LogP contribution in [0, 0.1) is 17.6 Å². The summed E-state index contributed by atoms with van der Waals surface area (Å²) in [6, 6.07) is 10.7. The number of aromatic nitrogens is 2. The maximum atomic E-state index is 13.9. The fraction of sp³-hybridized carbons (Fsp3) is 0.200. The molecule has 2 heterocycles. The van der Waals surface area contributed by atoms with Crippen LogP contribution in [-0.2, 0) is 6.42 Å². The standard InChI is InChI=1S/C20H16ClF2N3O2/c21-19-16(24-9-12-7-13-3-1-2-4-18(13)28-11-12)10-25-26(20(19)27)17-6-5-14(22)8-15(17)23/h1-6,8,10,12,24H,7,9,11H2/t12-/m0/s1. The Morgan fingerprint density at radius 1 is 1.25 bits per heavy atom. The van der Waals surface area contributed by atoms with E-state index in [0.29, 0.717) is 24.9 Å². The van der Waals surface area contributed by atoms with Crippen LogP contribution in [-0.4, -0.2) is 22.9 Å². The first kappa shape index (κ1) is 18.4. The van der Waals surface area contributed by atoms with Crippen LogP contribution in [0.25, 0.3) is 5.69 Å². The molecule has 0 spiro atoms. The Bertz CT molecular complexity index is 1090. The number of anilines is 1. The van der Waals surface area contributed by atoms with Crippen LogP contribution in [0.15, 0.2) is 53.5 Å². The molecule has 1 aromatic heterocycles. The maximum absolute atomic E-state index is 13.9. The smallest absolute Gasteiger partial charge is 0.292 e. The van der Waals surface area contributed by atoms with E-state index >= 15 is 0 Å². The molecule has 0 saturated carbocycles. The number of hydrogen-bond donors (Lipinski definition) is 1. The first-order chi connectivity index (χ1) is 13.5. The number of nitrogens with one attached hydrogen (secondary N) is 1. The summed E-state index contributed by atoms with van der Waals surface area (Å²) in [6.45, 7) is 1.08. The third-order valence-electron chi connectivity index (χ3n) is 4.59. The second-order valence-corrected chi connectivity index (χ2v) is 6.93. The van der Waals surface area contributed by atoms with E-state index < -0.39 is 17.2 Å². The molecular formula is C20H16ClF2N3O2. The van der Waals surface area contributed by atoms with Crippen LogP contribution in [0.3, 0.4) is 0 Å². The Balaban J connectivity index is 1.51. The zero-order chi connectivity index (χ0) is 19.7. The minimum Gasteiger partial charge on any atom is -0.493 e. The molecule has 144 valence electrons. The van der Waals surface area contributed by atoms with Gasteiger partial charge in [0.15, 0.2) is 5.82 Å². The Hall–Kier alpha value is -2.93. The number of para-hydroxylation sites is 1. The summed E-state index contributed by atoms with van der Waals surface area (Å²) >= 11 is 6.17. The molecule has 28 heavy (non-hydrogen) atoms. The molecule has 4 rings (SSSR count). The fourth-order valence-electron chi connectivity index (χ4n) is 3.16. The molecule has 5 nitrogen and oxygen atoms in total. The first-order valence-corrected chi connectivity index (χ1v) is 9.08. The molecule has 0 fully saturated rings. The van der Waals surface area contributed by atoms with Gasteiger partial charge in [-0.15, -0.1) is 0 Å². The molecule has 8 heteroatoms. The Morgan fingerprint density at radius 3 is 2.89 bits per heavy atom. The molecule has 0 aliphatic carbocycles. The highest BCUT2D eigenvalue weighted by Gasteiger charge is 2.20. The Labute approximate surface area is 164 Å². The quantitative estimate of drug-likeness (QED) is 0.719. The highest BCUT2D eigenvalue weighted by molar-refractivity contribution is 6.32. The van der Waals surface area contributed by atoms with Crippen molar-refractivity contribution in [1.82, 2.24) is 9.78 Å². The van der Waals surface area contributed by atoms with Gasteiger partial charge in [0.25, 0.3) is 5.56 Å². The van der Waals surface area contributed by atoms with Crippen molar-refractivity contribution in [3.8, 4) is 11.4 Å². The second-order valence-electron chi connectivity index (χ2n) is 6.55. The molecule has 0 radical (unpaired) electrons. The largest absolute Gasteiger partial charge is 0.493 e. The highest BCUT2D eigenvalue weighted by atomic mass is 35.5. The van der Waals surface area contributed by atoms with Gasteiger partial charge in [-0.1, -0.05) is 29.8 Å². The predicted octanol–water partition coefficient (Wildman–Crippen LogP) is 3.83. The number of rotatable bonds is 4. The van der Waals surface area contributed by atoms with Gasteiger partial charge in [0.2, 0.25) is 0 Å². The minimum atomic E-state index is -0.899. The molecule has 1 aliphatic rings. The van der Waals surface area contributed by atoms with Gasteiger partial charge in [0.1, 0.15) is 22.3 Å². The van der Waals surface area contributed by atoms with Gasteiger partial charge in [-0.2, -0.15) is 9.78 Å². The zero-order valence-electron chi connectivity index (χ0n) is 14.7. The summed E-state index contributed by atoms with van der Waals surface area (Å²) in [4.78, 5) is 12.5. The zero-order valence-corrected chi connectivity index (χ0v) is 15.4. The lowest BCUT2D eigenvalue weighted by molar-refractivity contribution is 0.229. The third-order valence-corrected chi connectivity index (χ3v) is 4.96. The monoisotopic (exact) mass is 403 g/mol. The molecule has 0 amide bonds. The normalized spacial score (nSPS) is 15.6. The molecule has 1 atom stereocenters. The van der Waals surface area contributed by atoms with Crippen LogP contribution >= 0.6 is 11.6 Å². The third kappa shape index (κ3) is 3.57. The number of nitrogens with zero attached hydrogens (tertiary/aromatic N) is 2. The van der Waals surface area contributed by atoms with Crippen molar-refractivity contribution in [3.05, 3.63) is 81.2 Å². The SMILES string of the molecule is O=c1c(Cl)c(NC[C@H]2COc3ccccc3C2)cnn1-c1ccc(F)cc1F. The summed E-state index contributed by atoms with van der Waals surface area (Å²) < 4.78 is 33.6. The number of hydrogen-bond acceptors (Lipinski definition) is 4. The van der Waals surface area contributed by atoms with Gasteiger partial charge in [0, 0.05) is 18.5 Å². The molecule has 0 unspecified atom stereocenters. The summed E-state index contributed by atoms with van der Waals surface area (Å²) in [5, 5.41) is 6.96. The van der Waals surface area contributed by atoms with E-state index in [-0.39, 0.29) is 16.6 Å². The molecule has 1 N–H and O–H groups in total. The lowest BCUT2D eigenvalue weighted by Crippen LogP contribution is -2.29. The van der Waals surface area contributed by atoms with Crippen molar-refractivity contribution in [2.75, 3.05) is 18.5 Å². The average Bonchev–Trinajstić information content (AvgIpc) is 2.70. The van der Waals surface area contributed by atoms with Gasteiger partial charge >= 0.3 is 0 Å². The molecule has 3 aromatic rings. The summed E-state index contributed by atoms with van der Waals surface area (Å²) in [7, 11) is 0. The van der Waals surface area contributed by atoms with E-state index in [1.54, 1.807) is 0 Å². The van der Waals surface area contributed by atoms with Crippen molar-refractivity contribution < 1.29 is 13.5 Å². The van der Waals surface area contributed by atoms with Crippen LogP contribution in [0.1, 0.15) is 5.56 Å². The molecule has 0 saturated heterocycles. The van der Waals surface area contributed by atoms with E-state index in [1.807, 2.05) is 24.3 Å². The van der Waals surface area contributed by atoms with Crippen LogP contribution in [0.2, 0.25) is 5.02 Å². The number of benzene rings is 2. The topological polar surface area (TPSA) is 56.1 Å². The van der Waals surface area contributed by atoms with Crippen molar-refractivity contribution in [2.24, 2.45) is 5.92 Å². The molecular weight excluding hydrogens is 388 g/mol. The summed E-state index contributed by atoms with van der Waals surface area (Å²) in [5.41, 5.74) is 0.621. The van der Waals surface area contributed by atoms with Gasteiger partial charge in [-0.3, -0.25) is 4.79 Å². The van der Waals surface area contributed by atoms with Gasteiger partial charge in [-0.25, -0.2) is 8.78 Å². The summed E-state index contributed by atoms with van der Waals surface area (Å²) in [6.07, 6.45) is 2.19. The first-order valence-electron chi connectivity index (χ1n) is 8.71. The van der Waals surface area contributed by atoms with E-state index in [4.69, 9.17) is 16.3 Å². The van der Waals surface area contributed by atoms with Gasteiger partial charge in [0.05, 0.1) is 18.5 Å².